The molecule has 0 aliphatic rings. The first-order valence-electron chi connectivity index (χ1n) is 7.79. The van der Waals surface area contributed by atoms with E-state index in [1.54, 1.807) is 12.1 Å². The Kier molecular flexibility index (Phi) is 4.71. The van der Waals surface area contributed by atoms with Crippen molar-refractivity contribution in [2.24, 2.45) is 0 Å². The molecule has 0 amide bonds. The maximum Gasteiger partial charge on any atom is 0.264 e. The molecular weight excluding hydrogens is 326 g/mol. The van der Waals surface area contributed by atoms with E-state index < -0.39 is 10.0 Å². The fraction of sp³-hybridized carbons (Fsp3) is 0.235. The Morgan fingerprint density at radius 2 is 1.88 bits per heavy atom. The number of benzene rings is 2. The van der Waals surface area contributed by atoms with E-state index in [9.17, 15) is 8.42 Å². The first-order chi connectivity index (χ1) is 11.6. The highest BCUT2D eigenvalue weighted by atomic mass is 32.2. The number of rotatable bonds is 7. The summed E-state index contributed by atoms with van der Waals surface area (Å²) in [6, 6.07) is 13.7. The predicted octanol–water partition coefficient (Wildman–Crippen LogP) is 3.54. The molecule has 3 rings (SSSR count). The number of unbranched alkanes of at least 4 members (excludes halogenated alkanes) is 1. The van der Waals surface area contributed by atoms with E-state index in [2.05, 4.69) is 21.6 Å². The Labute approximate surface area is 140 Å². The summed E-state index contributed by atoms with van der Waals surface area (Å²) in [5.74, 6) is 0.852. The summed E-state index contributed by atoms with van der Waals surface area (Å²) < 4.78 is 32.9. The van der Waals surface area contributed by atoms with Crippen molar-refractivity contribution < 1.29 is 13.2 Å². The lowest BCUT2D eigenvalue weighted by Crippen LogP contribution is -2.13. The standard InChI is InChI=1S/C17H19N3O3S/c1-2-3-12-23-13-8-10-14(11-9-13)24(21,22)20-17-18-15-6-4-5-7-16(15)19-17/h4-11H,2-3,12H2,1H3,(H2,18,19,20). The van der Waals surface area contributed by atoms with Crippen LogP contribution in [0, 0.1) is 0 Å². The van der Waals surface area contributed by atoms with Crippen LogP contribution in [0.2, 0.25) is 0 Å². The van der Waals surface area contributed by atoms with Crippen LogP contribution < -0.4 is 9.46 Å². The monoisotopic (exact) mass is 345 g/mol. The van der Waals surface area contributed by atoms with E-state index in [-0.39, 0.29) is 10.8 Å². The van der Waals surface area contributed by atoms with Crippen molar-refractivity contribution in [2.45, 2.75) is 24.7 Å². The van der Waals surface area contributed by atoms with Crippen molar-refractivity contribution in [1.29, 1.82) is 0 Å². The Bertz CT molecular complexity index is 885. The van der Waals surface area contributed by atoms with Crippen molar-refractivity contribution in [1.82, 2.24) is 9.97 Å². The molecule has 7 heteroatoms. The van der Waals surface area contributed by atoms with Gasteiger partial charge in [-0.2, -0.15) is 0 Å². The van der Waals surface area contributed by atoms with Gasteiger partial charge in [0.15, 0.2) is 0 Å². The molecule has 2 N–H and O–H groups in total. The summed E-state index contributed by atoms with van der Waals surface area (Å²) in [6.45, 7) is 2.71. The zero-order valence-electron chi connectivity index (χ0n) is 13.3. The van der Waals surface area contributed by atoms with Gasteiger partial charge in [0, 0.05) is 0 Å². The quantitative estimate of drug-likeness (QED) is 0.642. The van der Waals surface area contributed by atoms with Crippen LogP contribution in [0.5, 0.6) is 5.75 Å². The maximum absolute atomic E-state index is 12.4. The van der Waals surface area contributed by atoms with Crippen LogP contribution in [0.3, 0.4) is 0 Å². The molecule has 2 aromatic carbocycles. The summed E-state index contributed by atoms with van der Waals surface area (Å²) in [5, 5.41) is 0. The molecule has 0 aliphatic carbocycles. The normalized spacial score (nSPS) is 11.5. The molecule has 0 aliphatic heterocycles. The molecule has 0 spiro atoms. The lowest BCUT2D eigenvalue weighted by molar-refractivity contribution is 0.309. The third kappa shape index (κ3) is 3.68. The zero-order chi connectivity index (χ0) is 17.0. The number of fused-ring (bicyclic) bond motifs is 1. The van der Waals surface area contributed by atoms with Crippen LogP contribution in [0.4, 0.5) is 5.95 Å². The average Bonchev–Trinajstić information content (AvgIpc) is 2.97. The van der Waals surface area contributed by atoms with E-state index in [0.29, 0.717) is 17.9 Å². The summed E-state index contributed by atoms with van der Waals surface area (Å²) in [5.41, 5.74) is 1.48. The van der Waals surface area contributed by atoms with Crippen molar-refractivity contribution in [3.8, 4) is 5.75 Å². The molecule has 0 saturated carbocycles. The number of aromatic nitrogens is 2. The van der Waals surface area contributed by atoms with Gasteiger partial charge >= 0.3 is 0 Å². The maximum atomic E-state index is 12.4. The number of hydrogen-bond donors (Lipinski definition) is 2. The second-order valence-corrected chi connectivity index (χ2v) is 7.06. The highest BCUT2D eigenvalue weighted by Crippen LogP contribution is 2.20. The van der Waals surface area contributed by atoms with E-state index >= 15 is 0 Å². The zero-order valence-corrected chi connectivity index (χ0v) is 14.1. The van der Waals surface area contributed by atoms with Crippen molar-refractivity contribution in [3.63, 3.8) is 0 Å². The number of ether oxygens (including phenoxy) is 1. The van der Waals surface area contributed by atoms with Gasteiger partial charge in [-0.1, -0.05) is 25.5 Å². The number of imidazole rings is 1. The molecular formula is C17H19N3O3S. The van der Waals surface area contributed by atoms with Crippen molar-refractivity contribution in [3.05, 3.63) is 48.5 Å². The summed E-state index contributed by atoms with van der Waals surface area (Å²) in [7, 11) is -3.70. The highest BCUT2D eigenvalue weighted by Gasteiger charge is 2.16. The van der Waals surface area contributed by atoms with Crippen LogP contribution in [0.1, 0.15) is 19.8 Å². The lowest BCUT2D eigenvalue weighted by atomic mass is 10.3. The van der Waals surface area contributed by atoms with Crippen LogP contribution in [-0.2, 0) is 10.0 Å². The van der Waals surface area contributed by atoms with Gasteiger partial charge in [-0.05, 0) is 42.8 Å². The lowest BCUT2D eigenvalue weighted by Gasteiger charge is -2.08. The van der Waals surface area contributed by atoms with Gasteiger partial charge in [-0.15, -0.1) is 0 Å². The number of anilines is 1. The molecule has 0 atom stereocenters. The molecule has 6 nitrogen and oxygen atoms in total. The minimum absolute atomic E-state index is 0.158. The Morgan fingerprint density at radius 3 is 2.58 bits per heavy atom. The number of sulfonamides is 1. The number of aromatic amines is 1. The third-order valence-corrected chi connectivity index (χ3v) is 4.88. The Balaban J connectivity index is 1.74. The fourth-order valence-corrected chi connectivity index (χ4v) is 3.20. The number of nitrogens with zero attached hydrogens (tertiary/aromatic N) is 1. The van der Waals surface area contributed by atoms with Gasteiger partial charge in [-0.25, -0.2) is 18.1 Å². The highest BCUT2D eigenvalue weighted by molar-refractivity contribution is 7.92. The topological polar surface area (TPSA) is 84.1 Å². The minimum atomic E-state index is -3.70. The van der Waals surface area contributed by atoms with Gasteiger partial charge < -0.3 is 9.72 Å². The van der Waals surface area contributed by atoms with Crippen LogP contribution in [-0.4, -0.2) is 25.0 Å². The molecule has 0 unspecified atom stereocenters. The first kappa shape index (κ1) is 16.3. The first-order valence-corrected chi connectivity index (χ1v) is 9.27. The molecule has 1 aromatic heterocycles. The second-order valence-electron chi connectivity index (χ2n) is 5.38. The molecule has 0 radical (unpaired) electrons. The molecule has 0 bridgehead atoms. The number of nitrogens with one attached hydrogen (secondary N) is 2. The van der Waals surface area contributed by atoms with Crippen molar-refractivity contribution in [2.75, 3.05) is 11.3 Å². The van der Waals surface area contributed by atoms with Crippen molar-refractivity contribution >= 4 is 27.0 Å². The van der Waals surface area contributed by atoms with E-state index in [1.165, 1.54) is 12.1 Å². The summed E-state index contributed by atoms with van der Waals surface area (Å²) in [6.07, 6.45) is 2.02. The van der Waals surface area contributed by atoms with Gasteiger partial charge in [0.1, 0.15) is 5.75 Å². The van der Waals surface area contributed by atoms with Gasteiger partial charge in [0.2, 0.25) is 5.95 Å². The van der Waals surface area contributed by atoms with Gasteiger partial charge in [0.25, 0.3) is 10.0 Å². The third-order valence-electron chi connectivity index (χ3n) is 3.52. The molecule has 0 fully saturated rings. The number of hydrogen-bond acceptors (Lipinski definition) is 4. The molecule has 3 aromatic rings. The summed E-state index contributed by atoms with van der Waals surface area (Å²) >= 11 is 0. The molecule has 24 heavy (non-hydrogen) atoms. The van der Waals surface area contributed by atoms with E-state index in [4.69, 9.17) is 4.74 Å². The largest absolute Gasteiger partial charge is 0.494 e. The molecule has 1 heterocycles. The molecule has 126 valence electrons. The average molecular weight is 345 g/mol. The minimum Gasteiger partial charge on any atom is -0.494 e. The van der Waals surface area contributed by atoms with E-state index in [0.717, 1.165) is 18.4 Å². The van der Waals surface area contributed by atoms with Crippen LogP contribution in [0.25, 0.3) is 11.0 Å². The Morgan fingerprint density at radius 1 is 1.12 bits per heavy atom. The predicted molar refractivity (Wildman–Crippen MR) is 93.7 cm³/mol. The fourth-order valence-electron chi connectivity index (χ4n) is 2.24. The Hall–Kier alpha value is -2.54. The van der Waals surface area contributed by atoms with E-state index in [1.807, 2.05) is 24.3 Å². The van der Waals surface area contributed by atoms with Gasteiger partial charge in [-0.3, -0.25) is 0 Å². The molecule has 0 saturated heterocycles. The SMILES string of the molecule is CCCCOc1ccc(S(=O)(=O)Nc2nc3ccccc3[nH]2)cc1. The number of para-hydroxylation sites is 2. The van der Waals surface area contributed by atoms with Crippen LogP contribution >= 0.6 is 0 Å². The number of H-pyrrole nitrogens is 1. The smallest absolute Gasteiger partial charge is 0.264 e. The van der Waals surface area contributed by atoms with Crippen LogP contribution in [0.15, 0.2) is 53.4 Å². The summed E-state index contributed by atoms with van der Waals surface area (Å²) in [4.78, 5) is 7.32. The van der Waals surface area contributed by atoms with Gasteiger partial charge in [0.05, 0.1) is 22.5 Å². The second kappa shape index (κ2) is 6.92.